The molecule has 146 valence electrons. The quantitative estimate of drug-likeness (QED) is 0.487. The SMILES string of the molecule is CCOC(OCC)C1=CC(c2ccc(C(=O)OC)cc2)=Nc2ccccc2S1. The summed E-state index contributed by atoms with van der Waals surface area (Å²) >= 11 is 1.60. The second-order valence-electron chi connectivity index (χ2n) is 5.93. The molecule has 1 aliphatic rings. The molecule has 0 unspecified atom stereocenters. The van der Waals surface area contributed by atoms with Gasteiger partial charge < -0.3 is 14.2 Å². The maximum atomic E-state index is 11.7. The Morgan fingerprint density at radius 2 is 1.71 bits per heavy atom. The van der Waals surface area contributed by atoms with Crippen molar-refractivity contribution in [2.45, 2.75) is 25.0 Å². The summed E-state index contributed by atoms with van der Waals surface area (Å²) in [5.74, 6) is -0.362. The van der Waals surface area contributed by atoms with Gasteiger partial charge in [0.25, 0.3) is 0 Å². The van der Waals surface area contributed by atoms with Crippen LogP contribution < -0.4 is 0 Å². The highest BCUT2D eigenvalue weighted by Crippen LogP contribution is 2.39. The number of nitrogens with zero attached hydrogens (tertiary/aromatic N) is 1. The molecule has 0 N–H and O–H groups in total. The molecule has 0 radical (unpaired) electrons. The number of hydrogen-bond donors (Lipinski definition) is 0. The lowest BCUT2D eigenvalue weighted by molar-refractivity contribution is -0.106. The molecule has 2 aromatic carbocycles. The maximum Gasteiger partial charge on any atom is 0.337 e. The molecular formula is C22H23NO4S. The topological polar surface area (TPSA) is 57.1 Å². The van der Waals surface area contributed by atoms with Crippen LogP contribution in [0.5, 0.6) is 0 Å². The van der Waals surface area contributed by atoms with Crippen molar-refractivity contribution in [1.29, 1.82) is 0 Å². The first-order chi connectivity index (χ1) is 13.7. The van der Waals surface area contributed by atoms with E-state index in [1.165, 1.54) is 7.11 Å². The molecule has 2 aromatic rings. The summed E-state index contributed by atoms with van der Waals surface area (Å²) in [5, 5.41) is 0. The first-order valence-corrected chi connectivity index (χ1v) is 9.97. The summed E-state index contributed by atoms with van der Waals surface area (Å²) in [4.78, 5) is 18.5. The second-order valence-corrected chi connectivity index (χ2v) is 7.04. The van der Waals surface area contributed by atoms with Crippen molar-refractivity contribution < 1.29 is 19.0 Å². The van der Waals surface area contributed by atoms with E-state index >= 15 is 0 Å². The van der Waals surface area contributed by atoms with Gasteiger partial charge in [-0.1, -0.05) is 36.0 Å². The number of carbonyl (C=O) groups excluding carboxylic acids is 1. The van der Waals surface area contributed by atoms with Gasteiger partial charge >= 0.3 is 5.97 Å². The first kappa shape index (κ1) is 20.3. The molecule has 1 aliphatic heterocycles. The first-order valence-electron chi connectivity index (χ1n) is 9.15. The lowest BCUT2D eigenvalue weighted by Gasteiger charge is -2.19. The number of benzene rings is 2. The Bertz CT molecular complexity index is 884. The summed E-state index contributed by atoms with van der Waals surface area (Å²) in [5.41, 5.74) is 3.07. The van der Waals surface area contributed by atoms with E-state index in [2.05, 4.69) is 0 Å². The van der Waals surface area contributed by atoms with Crippen LogP contribution in [0.15, 0.2) is 69.4 Å². The van der Waals surface area contributed by atoms with Gasteiger partial charge in [0.05, 0.1) is 24.1 Å². The van der Waals surface area contributed by atoms with Gasteiger partial charge in [0.15, 0.2) is 6.29 Å². The van der Waals surface area contributed by atoms with E-state index in [4.69, 9.17) is 19.2 Å². The van der Waals surface area contributed by atoms with Crippen LogP contribution in [-0.2, 0) is 14.2 Å². The average molecular weight is 397 g/mol. The van der Waals surface area contributed by atoms with E-state index in [1.54, 1.807) is 23.9 Å². The van der Waals surface area contributed by atoms with Crippen LogP contribution in [-0.4, -0.2) is 38.3 Å². The highest BCUT2D eigenvalue weighted by Gasteiger charge is 2.21. The molecule has 28 heavy (non-hydrogen) atoms. The molecule has 5 nitrogen and oxygen atoms in total. The molecule has 6 heteroatoms. The molecule has 0 aliphatic carbocycles. The number of methoxy groups -OCH3 is 1. The zero-order valence-electron chi connectivity index (χ0n) is 16.2. The maximum absolute atomic E-state index is 11.7. The minimum atomic E-state index is -0.453. The van der Waals surface area contributed by atoms with Crippen molar-refractivity contribution in [2.24, 2.45) is 4.99 Å². The van der Waals surface area contributed by atoms with Crippen LogP contribution in [0.25, 0.3) is 0 Å². The molecule has 0 aromatic heterocycles. The van der Waals surface area contributed by atoms with Gasteiger partial charge in [-0.3, -0.25) is 0 Å². The molecule has 1 heterocycles. The summed E-state index contributed by atoms with van der Waals surface area (Å²) in [6.45, 7) is 4.99. The van der Waals surface area contributed by atoms with Gasteiger partial charge in [-0.05, 0) is 44.2 Å². The summed E-state index contributed by atoms with van der Waals surface area (Å²) in [6, 6.07) is 15.2. The van der Waals surface area contributed by atoms with Crippen LogP contribution in [0, 0.1) is 0 Å². The van der Waals surface area contributed by atoms with Crippen molar-refractivity contribution >= 4 is 29.1 Å². The fourth-order valence-corrected chi connectivity index (χ4v) is 3.78. The lowest BCUT2D eigenvalue weighted by Crippen LogP contribution is -2.19. The van der Waals surface area contributed by atoms with Gasteiger partial charge in [-0.15, -0.1) is 0 Å². The standard InChI is InChI=1S/C22H23NO4S/c1-4-26-22(27-5-2)20-14-18(23-17-8-6-7-9-19(17)28-20)15-10-12-16(13-11-15)21(24)25-3/h6-14,22H,4-5H2,1-3H3. The normalized spacial score (nSPS) is 13.4. The van der Waals surface area contributed by atoms with Crippen molar-refractivity contribution in [3.8, 4) is 0 Å². The van der Waals surface area contributed by atoms with E-state index in [-0.39, 0.29) is 5.97 Å². The largest absolute Gasteiger partial charge is 0.465 e. The highest BCUT2D eigenvalue weighted by atomic mass is 32.2. The Morgan fingerprint density at radius 1 is 1.04 bits per heavy atom. The van der Waals surface area contributed by atoms with Crippen LogP contribution in [0.1, 0.15) is 29.8 Å². The van der Waals surface area contributed by atoms with Gasteiger partial charge in [-0.2, -0.15) is 0 Å². The van der Waals surface area contributed by atoms with Gasteiger partial charge in [-0.25, -0.2) is 9.79 Å². The Hall–Kier alpha value is -2.41. The number of para-hydroxylation sites is 1. The lowest BCUT2D eigenvalue weighted by atomic mass is 10.1. The van der Waals surface area contributed by atoms with Crippen LogP contribution >= 0.6 is 11.8 Å². The zero-order valence-corrected chi connectivity index (χ0v) is 17.0. The number of rotatable bonds is 7. The van der Waals surface area contributed by atoms with Crippen LogP contribution in [0.4, 0.5) is 5.69 Å². The Balaban J connectivity index is 2.03. The summed E-state index contributed by atoms with van der Waals surface area (Å²) < 4.78 is 16.4. The number of thioether (sulfide) groups is 1. The van der Waals surface area contributed by atoms with Crippen molar-refractivity contribution in [3.05, 3.63) is 70.6 Å². The van der Waals surface area contributed by atoms with Gasteiger partial charge in [0.1, 0.15) is 0 Å². The predicted octanol–water partition coefficient (Wildman–Crippen LogP) is 4.98. The van der Waals surface area contributed by atoms with Gasteiger partial charge in [0.2, 0.25) is 0 Å². The predicted molar refractivity (Wildman–Crippen MR) is 111 cm³/mol. The van der Waals surface area contributed by atoms with E-state index in [0.29, 0.717) is 18.8 Å². The van der Waals surface area contributed by atoms with E-state index in [9.17, 15) is 4.79 Å². The third-order valence-corrected chi connectivity index (χ3v) is 5.19. The molecule has 0 amide bonds. The summed E-state index contributed by atoms with van der Waals surface area (Å²) in [7, 11) is 1.37. The highest BCUT2D eigenvalue weighted by molar-refractivity contribution is 8.03. The van der Waals surface area contributed by atoms with E-state index in [0.717, 1.165) is 26.8 Å². The monoisotopic (exact) mass is 397 g/mol. The minimum Gasteiger partial charge on any atom is -0.465 e. The third-order valence-electron chi connectivity index (χ3n) is 4.08. The molecular weight excluding hydrogens is 374 g/mol. The Kier molecular flexibility index (Phi) is 7.03. The molecule has 0 saturated heterocycles. The van der Waals surface area contributed by atoms with E-state index in [1.807, 2.05) is 56.3 Å². The molecule has 0 spiro atoms. The smallest absolute Gasteiger partial charge is 0.337 e. The Morgan fingerprint density at radius 3 is 2.36 bits per heavy atom. The molecule has 0 saturated carbocycles. The third kappa shape index (κ3) is 4.70. The van der Waals surface area contributed by atoms with Gasteiger partial charge in [0, 0.05) is 28.6 Å². The molecule has 3 rings (SSSR count). The Labute approximate surface area is 169 Å². The minimum absolute atomic E-state index is 0.362. The average Bonchev–Trinajstić information content (AvgIpc) is 2.93. The van der Waals surface area contributed by atoms with Crippen molar-refractivity contribution in [1.82, 2.24) is 0 Å². The number of esters is 1. The molecule has 0 bridgehead atoms. The second kappa shape index (κ2) is 9.68. The molecule has 0 fully saturated rings. The van der Waals surface area contributed by atoms with E-state index < -0.39 is 6.29 Å². The number of hydrogen-bond acceptors (Lipinski definition) is 6. The van der Waals surface area contributed by atoms with Crippen LogP contribution in [0.3, 0.4) is 0 Å². The fourth-order valence-electron chi connectivity index (χ4n) is 2.76. The van der Waals surface area contributed by atoms with Crippen molar-refractivity contribution in [2.75, 3.05) is 20.3 Å². The number of fused-ring (bicyclic) bond motifs is 1. The number of aliphatic imine (C=N–C) groups is 1. The molecule has 0 atom stereocenters. The number of carbonyl (C=O) groups is 1. The van der Waals surface area contributed by atoms with Crippen LogP contribution in [0.2, 0.25) is 0 Å². The van der Waals surface area contributed by atoms with Crippen molar-refractivity contribution in [3.63, 3.8) is 0 Å². The fraction of sp³-hybridized carbons (Fsp3) is 0.273. The number of allylic oxidation sites excluding steroid dienone is 1. The summed E-state index contributed by atoms with van der Waals surface area (Å²) in [6.07, 6.45) is 1.54. The number of ether oxygens (including phenoxy) is 3. The zero-order chi connectivity index (χ0) is 19.9.